The molecular weight excluding hydrogens is 480 g/mol. The van der Waals surface area contributed by atoms with E-state index in [1.165, 1.54) is 0 Å². The molecule has 4 rings (SSSR count). The van der Waals surface area contributed by atoms with Gasteiger partial charge in [0, 0.05) is 24.1 Å². The highest BCUT2D eigenvalue weighted by Crippen LogP contribution is 2.23. The molecule has 0 spiro atoms. The first-order valence-electron chi connectivity index (χ1n) is 12.6. The summed E-state index contributed by atoms with van der Waals surface area (Å²) >= 11 is 0. The van der Waals surface area contributed by atoms with E-state index in [0.29, 0.717) is 37.7 Å². The summed E-state index contributed by atoms with van der Waals surface area (Å²) < 4.78 is 11.7. The summed E-state index contributed by atoms with van der Waals surface area (Å²) in [5.74, 6) is 0.313. The molecule has 2 atom stereocenters. The van der Waals surface area contributed by atoms with Crippen LogP contribution in [0.25, 0.3) is 11.5 Å². The molecule has 7 heteroatoms. The third-order valence-corrected chi connectivity index (χ3v) is 6.30. The first-order valence-corrected chi connectivity index (χ1v) is 12.6. The number of nitrogens with zero attached hydrogens (tertiary/aromatic N) is 2. The van der Waals surface area contributed by atoms with Crippen molar-refractivity contribution in [2.24, 2.45) is 17.0 Å². The van der Waals surface area contributed by atoms with Crippen molar-refractivity contribution in [1.29, 1.82) is 0 Å². The van der Waals surface area contributed by atoms with Crippen LogP contribution in [0.15, 0.2) is 94.5 Å². The van der Waals surface area contributed by atoms with Crippen molar-refractivity contribution in [1.82, 2.24) is 4.98 Å². The van der Waals surface area contributed by atoms with Crippen molar-refractivity contribution < 1.29 is 23.9 Å². The summed E-state index contributed by atoms with van der Waals surface area (Å²) in [5, 5.41) is 13.8. The van der Waals surface area contributed by atoms with Crippen LogP contribution in [-0.4, -0.2) is 28.9 Å². The van der Waals surface area contributed by atoms with Crippen LogP contribution in [0, 0.1) is 18.8 Å². The van der Waals surface area contributed by atoms with E-state index in [4.69, 9.17) is 14.0 Å². The number of ether oxygens (including phenoxy) is 1. The fourth-order valence-corrected chi connectivity index (χ4v) is 4.03. The highest BCUT2D eigenvalue weighted by atomic mass is 16.6. The van der Waals surface area contributed by atoms with Crippen LogP contribution in [0.4, 0.5) is 0 Å². The minimum absolute atomic E-state index is 0.300. The third kappa shape index (κ3) is 7.56. The van der Waals surface area contributed by atoms with Gasteiger partial charge in [-0.25, -0.2) is 4.98 Å². The second-order valence-corrected chi connectivity index (χ2v) is 9.15. The molecule has 0 aliphatic carbocycles. The van der Waals surface area contributed by atoms with E-state index in [0.717, 1.165) is 28.1 Å². The average molecular weight is 513 g/mol. The molecule has 1 heterocycles. The molecule has 196 valence electrons. The molecule has 0 saturated carbocycles. The number of benzene rings is 3. The van der Waals surface area contributed by atoms with Crippen LogP contribution in [0.2, 0.25) is 0 Å². The minimum atomic E-state index is -0.870. The van der Waals surface area contributed by atoms with Crippen LogP contribution in [0.5, 0.6) is 5.75 Å². The zero-order chi connectivity index (χ0) is 26.7. The lowest BCUT2D eigenvalue weighted by Gasteiger charge is -2.16. The molecule has 0 fully saturated rings. The topological polar surface area (TPSA) is 94.2 Å². The molecule has 4 aromatic rings. The molecule has 0 bridgehead atoms. The normalized spacial score (nSPS) is 12.8. The Balaban J connectivity index is 1.26. The van der Waals surface area contributed by atoms with Crippen LogP contribution in [0.1, 0.15) is 29.5 Å². The smallest absolute Gasteiger partial charge is 0.307 e. The summed E-state index contributed by atoms with van der Waals surface area (Å²) in [6.07, 6.45) is 2.56. The molecule has 1 N–H and O–H groups in total. The van der Waals surface area contributed by atoms with E-state index < -0.39 is 11.9 Å². The quantitative estimate of drug-likeness (QED) is 0.166. The Morgan fingerprint density at radius 3 is 2.37 bits per heavy atom. The average Bonchev–Trinajstić information content (AvgIpc) is 3.31. The van der Waals surface area contributed by atoms with E-state index in [1.54, 1.807) is 6.21 Å². The van der Waals surface area contributed by atoms with Gasteiger partial charge in [-0.2, -0.15) is 0 Å². The van der Waals surface area contributed by atoms with E-state index in [-0.39, 0.29) is 5.92 Å². The molecule has 3 aromatic carbocycles. The van der Waals surface area contributed by atoms with Crippen LogP contribution in [-0.2, 0) is 29.1 Å². The van der Waals surface area contributed by atoms with Crippen molar-refractivity contribution in [2.75, 3.05) is 6.61 Å². The Labute approximate surface area is 222 Å². The van der Waals surface area contributed by atoms with Gasteiger partial charge in [0.1, 0.15) is 18.1 Å². The number of aliphatic carboxylic acids is 1. The number of oxime groups is 1. The number of carboxylic acids is 1. The fraction of sp³-hybridized carbons (Fsp3) is 0.258. The fourth-order valence-electron chi connectivity index (χ4n) is 4.03. The van der Waals surface area contributed by atoms with Gasteiger partial charge in [0.25, 0.3) is 0 Å². The summed E-state index contributed by atoms with van der Waals surface area (Å²) in [6, 6.07) is 27.0. The number of carbonyl (C=O) groups is 1. The Morgan fingerprint density at radius 2 is 1.68 bits per heavy atom. The molecule has 7 nitrogen and oxygen atoms in total. The first kappa shape index (κ1) is 26.7. The molecular formula is C31H32N2O5. The maximum absolute atomic E-state index is 11.9. The van der Waals surface area contributed by atoms with Crippen molar-refractivity contribution in [3.05, 3.63) is 108 Å². The Kier molecular flexibility index (Phi) is 9.29. The van der Waals surface area contributed by atoms with Gasteiger partial charge in [-0.1, -0.05) is 72.7 Å². The molecule has 0 amide bonds. The Morgan fingerprint density at radius 1 is 1.00 bits per heavy atom. The highest BCUT2D eigenvalue weighted by Gasteiger charge is 2.24. The predicted octanol–water partition coefficient (Wildman–Crippen LogP) is 6.35. The largest absolute Gasteiger partial charge is 0.493 e. The van der Waals surface area contributed by atoms with Gasteiger partial charge in [-0.05, 0) is 48.7 Å². The monoisotopic (exact) mass is 512 g/mol. The van der Waals surface area contributed by atoms with E-state index in [1.807, 2.05) is 98.8 Å². The van der Waals surface area contributed by atoms with Gasteiger partial charge in [0.05, 0.1) is 18.2 Å². The van der Waals surface area contributed by atoms with E-state index >= 15 is 0 Å². The number of rotatable bonds is 13. The molecule has 1 aromatic heterocycles. The van der Waals surface area contributed by atoms with Gasteiger partial charge in [-0.3, -0.25) is 4.79 Å². The third-order valence-electron chi connectivity index (χ3n) is 6.30. The lowest BCUT2D eigenvalue weighted by Crippen LogP contribution is -2.25. The summed E-state index contributed by atoms with van der Waals surface area (Å²) in [6.45, 7) is 4.53. The molecule has 0 radical (unpaired) electrons. The Bertz CT molecular complexity index is 1320. The molecule has 2 unspecified atom stereocenters. The van der Waals surface area contributed by atoms with Gasteiger partial charge in [0.15, 0.2) is 0 Å². The second-order valence-electron chi connectivity index (χ2n) is 9.15. The van der Waals surface area contributed by atoms with Gasteiger partial charge >= 0.3 is 5.97 Å². The standard InChI is InChI=1S/C31H32N2O5/c1-22(20-32-37-21-25-9-5-3-6-10-25)28(31(34)35)19-24-13-15-27(16-14-24)36-18-17-29-23(2)38-30(33-29)26-11-7-4-8-12-26/h3-16,20,22,28H,17-19,21H2,1-2H3,(H,34,35)/b32-20+. The van der Waals surface area contributed by atoms with E-state index in [9.17, 15) is 9.90 Å². The number of carboxylic acid groups (broad SMARTS) is 1. The lowest BCUT2D eigenvalue weighted by molar-refractivity contribution is -0.142. The number of hydrogen-bond donors (Lipinski definition) is 1. The minimum Gasteiger partial charge on any atom is -0.493 e. The summed E-state index contributed by atoms with van der Waals surface area (Å²) in [5.41, 5.74) is 3.73. The molecule has 0 aliphatic rings. The molecule has 0 aliphatic heterocycles. The van der Waals surface area contributed by atoms with Gasteiger partial charge in [0.2, 0.25) is 5.89 Å². The van der Waals surface area contributed by atoms with Crippen molar-refractivity contribution in [2.45, 2.75) is 33.3 Å². The maximum atomic E-state index is 11.9. The Hall–Kier alpha value is -4.39. The van der Waals surface area contributed by atoms with Crippen LogP contribution >= 0.6 is 0 Å². The lowest BCUT2D eigenvalue weighted by atomic mass is 9.89. The predicted molar refractivity (Wildman–Crippen MR) is 146 cm³/mol. The van der Waals surface area contributed by atoms with E-state index in [2.05, 4.69) is 10.1 Å². The number of hydrogen-bond acceptors (Lipinski definition) is 6. The zero-order valence-electron chi connectivity index (χ0n) is 21.6. The van der Waals surface area contributed by atoms with Crippen molar-refractivity contribution in [3.63, 3.8) is 0 Å². The number of oxazole rings is 1. The zero-order valence-corrected chi connectivity index (χ0v) is 21.6. The van der Waals surface area contributed by atoms with Crippen molar-refractivity contribution >= 4 is 12.2 Å². The number of aryl methyl sites for hydroxylation is 1. The van der Waals surface area contributed by atoms with Crippen molar-refractivity contribution in [3.8, 4) is 17.2 Å². The van der Waals surface area contributed by atoms with Gasteiger partial charge < -0.3 is 19.1 Å². The first-order chi connectivity index (χ1) is 18.5. The second kappa shape index (κ2) is 13.2. The van der Waals surface area contributed by atoms with Crippen LogP contribution in [0.3, 0.4) is 0 Å². The summed E-state index contributed by atoms with van der Waals surface area (Å²) in [7, 11) is 0. The molecule has 0 saturated heterocycles. The van der Waals surface area contributed by atoms with Crippen LogP contribution < -0.4 is 4.74 Å². The summed E-state index contributed by atoms with van der Waals surface area (Å²) in [4.78, 5) is 21.9. The SMILES string of the molecule is Cc1oc(-c2ccccc2)nc1CCOc1ccc(CC(C(=O)O)C(C)/C=N/OCc2ccccc2)cc1. The number of aromatic nitrogens is 1. The molecule has 38 heavy (non-hydrogen) atoms. The maximum Gasteiger partial charge on any atom is 0.307 e. The van der Waals surface area contributed by atoms with Gasteiger partial charge in [-0.15, -0.1) is 0 Å². The highest BCUT2D eigenvalue weighted by molar-refractivity contribution is 5.76.